The van der Waals surface area contributed by atoms with E-state index in [4.69, 9.17) is 13.9 Å². The standard InChI is InChI=1S/C25H35NO5Si/c1-24(2,3)31-23(28)26-21(22(27)29-7)18-30-32(25(4,5)6,19-14-10-8-11-15-19)20-16-12-9-13-17-20/h8-17,21H,18H2,1-7H3,(H,26,28)/t21-/m1/s1. The van der Waals surface area contributed by atoms with Gasteiger partial charge < -0.3 is 19.2 Å². The van der Waals surface area contributed by atoms with Gasteiger partial charge in [0.1, 0.15) is 5.60 Å². The number of nitrogens with one attached hydrogen (secondary N) is 1. The van der Waals surface area contributed by atoms with Crippen molar-refractivity contribution in [3.63, 3.8) is 0 Å². The average molecular weight is 458 g/mol. The molecule has 0 fully saturated rings. The molecule has 0 bridgehead atoms. The first-order valence-corrected chi connectivity index (χ1v) is 12.6. The minimum atomic E-state index is -2.87. The molecule has 0 aliphatic heterocycles. The van der Waals surface area contributed by atoms with Gasteiger partial charge in [0, 0.05) is 0 Å². The second kappa shape index (κ2) is 10.3. The molecule has 0 saturated heterocycles. The molecule has 1 amide bonds. The van der Waals surface area contributed by atoms with Crippen molar-refractivity contribution in [1.82, 2.24) is 5.32 Å². The van der Waals surface area contributed by atoms with Gasteiger partial charge >= 0.3 is 12.1 Å². The molecular formula is C25H35NO5Si. The van der Waals surface area contributed by atoms with Gasteiger partial charge in [0.05, 0.1) is 13.7 Å². The van der Waals surface area contributed by atoms with Crippen molar-refractivity contribution in [3.05, 3.63) is 60.7 Å². The fraction of sp³-hybridized carbons (Fsp3) is 0.440. The van der Waals surface area contributed by atoms with Gasteiger partial charge in [-0.1, -0.05) is 81.4 Å². The molecule has 174 valence electrons. The summed E-state index contributed by atoms with van der Waals surface area (Å²) in [5.41, 5.74) is -0.691. The number of amides is 1. The molecule has 2 aromatic carbocycles. The lowest BCUT2D eigenvalue weighted by Crippen LogP contribution is -2.67. The number of alkyl carbamates (subject to hydrolysis) is 1. The van der Waals surface area contributed by atoms with Gasteiger partial charge in [-0.3, -0.25) is 0 Å². The molecule has 1 atom stereocenters. The Balaban J connectivity index is 2.46. The summed E-state index contributed by atoms with van der Waals surface area (Å²) in [6.45, 7) is 11.7. The molecule has 0 aromatic heterocycles. The minimum Gasteiger partial charge on any atom is -0.467 e. The quantitative estimate of drug-likeness (QED) is 0.508. The Morgan fingerprint density at radius 1 is 0.875 bits per heavy atom. The van der Waals surface area contributed by atoms with E-state index in [1.165, 1.54) is 7.11 Å². The van der Waals surface area contributed by atoms with Crippen LogP contribution in [-0.2, 0) is 18.7 Å². The molecule has 7 heteroatoms. The minimum absolute atomic E-state index is 0.0425. The van der Waals surface area contributed by atoms with Crippen molar-refractivity contribution >= 4 is 30.8 Å². The summed E-state index contributed by atoms with van der Waals surface area (Å²) in [5, 5.41) is 4.52. The number of esters is 1. The smallest absolute Gasteiger partial charge is 0.408 e. The van der Waals surface area contributed by atoms with Crippen LogP contribution in [0, 0.1) is 0 Å². The molecule has 0 saturated carbocycles. The maximum atomic E-state index is 12.5. The van der Waals surface area contributed by atoms with E-state index in [0.717, 1.165) is 10.4 Å². The first-order chi connectivity index (χ1) is 14.9. The summed E-state index contributed by atoms with van der Waals surface area (Å²) in [4.78, 5) is 24.9. The van der Waals surface area contributed by atoms with Crippen LogP contribution in [0.25, 0.3) is 0 Å². The van der Waals surface area contributed by atoms with Gasteiger partial charge in [-0.25, -0.2) is 9.59 Å². The molecule has 1 N–H and O–H groups in total. The molecule has 0 radical (unpaired) electrons. The zero-order valence-electron chi connectivity index (χ0n) is 20.1. The molecule has 2 rings (SSSR count). The van der Waals surface area contributed by atoms with E-state index >= 15 is 0 Å². The van der Waals surface area contributed by atoms with Crippen LogP contribution in [0.4, 0.5) is 4.79 Å². The Hall–Kier alpha value is -2.64. The van der Waals surface area contributed by atoms with Crippen LogP contribution in [0.2, 0.25) is 5.04 Å². The Morgan fingerprint density at radius 2 is 1.34 bits per heavy atom. The van der Waals surface area contributed by atoms with Crippen LogP contribution in [0.3, 0.4) is 0 Å². The molecule has 32 heavy (non-hydrogen) atoms. The third kappa shape index (κ3) is 6.20. The SMILES string of the molecule is COC(=O)[C@@H](CO[Si](c1ccccc1)(c1ccccc1)C(C)(C)C)NC(=O)OC(C)(C)C. The van der Waals surface area contributed by atoms with E-state index in [9.17, 15) is 9.59 Å². The van der Waals surface area contributed by atoms with Gasteiger partial charge in [-0.15, -0.1) is 0 Å². The third-order valence-corrected chi connectivity index (χ3v) is 10.1. The molecule has 2 aromatic rings. The van der Waals surface area contributed by atoms with Crippen molar-refractivity contribution in [1.29, 1.82) is 0 Å². The summed E-state index contributed by atoms with van der Waals surface area (Å²) in [7, 11) is -1.58. The van der Waals surface area contributed by atoms with Crippen LogP contribution < -0.4 is 15.7 Å². The summed E-state index contributed by atoms with van der Waals surface area (Å²) in [5.74, 6) is -0.589. The van der Waals surface area contributed by atoms with E-state index in [1.807, 2.05) is 36.4 Å². The van der Waals surface area contributed by atoms with Crippen LogP contribution in [0.15, 0.2) is 60.7 Å². The Labute approximate surface area is 192 Å². The first-order valence-electron chi connectivity index (χ1n) is 10.7. The zero-order valence-corrected chi connectivity index (χ0v) is 21.1. The van der Waals surface area contributed by atoms with Crippen molar-refractivity contribution < 1.29 is 23.5 Å². The normalized spacial score (nSPS) is 13.2. The van der Waals surface area contributed by atoms with Gasteiger partial charge in [0.25, 0.3) is 8.32 Å². The van der Waals surface area contributed by atoms with Crippen molar-refractivity contribution in [2.45, 2.75) is 58.2 Å². The first kappa shape index (κ1) is 25.6. The predicted octanol–water partition coefficient (Wildman–Crippen LogP) is 3.63. The lowest BCUT2D eigenvalue weighted by Gasteiger charge is -2.43. The Morgan fingerprint density at radius 3 is 1.72 bits per heavy atom. The summed E-state index contributed by atoms with van der Waals surface area (Å²) >= 11 is 0. The van der Waals surface area contributed by atoms with E-state index in [2.05, 4.69) is 50.4 Å². The summed E-state index contributed by atoms with van der Waals surface area (Å²) < 4.78 is 17.0. The van der Waals surface area contributed by atoms with Gasteiger partial charge in [-0.05, 0) is 36.2 Å². The monoisotopic (exact) mass is 457 g/mol. The number of hydrogen-bond acceptors (Lipinski definition) is 5. The van der Waals surface area contributed by atoms with Crippen molar-refractivity contribution in [3.8, 4) is 0 Å². The predicted molar refractivity (Wildman–Crippen MR) is 129 cm³/mol. The molecule has 6 nitrogen and oxygen atoms in total. The Bertz CT molecular complexity index is 849. The molecule has 0 heterocycles. The van der Waals surface area contributed by atoms with Crippen LogP contribution in [0.1, 0.15) is 41.5 Å². The highest BCUT2D eigenvalue weighted by atomic mass is 28.4. The van der Waals surface area contributed by atoms with Crippen LogP contribution >= 0.6 is 0 Å². The summed E-state index contributed by atoms with van der Waals surface area (Å²) in [6, 6.07) is 19.2. The van der Waals surface area contributed by atoms with E-state index < -0.39 is 32.0 Å². The van der Waals surface area contributed by atoms with Crippen LogP contribution in [0.5, 0.6) is 0 Å². The fourth-order valence-corrected chi connectivity index (χ4v) is 8.30. The number of rotatable bonds is 7. The largest absolute Gasteiger partial charge is 0.467 e. The number of ether oxygens (including phenoxy) is 2. The van der Waals surface area contributed by atoms with E-state index in [-0.39, 0.29) is 11.6 Å². The molecule has 0 aliphatic rings. The maximum absolute atomic E-state index is 12.5. The van der Waals surface area contributed by atoms with Gasteiger partial charge in [0.2, 0.25) is 0 Å². The molecule has 0 aliphatic carbocycles. The van der Waals surface area contributed by atoms with Gasteiger partial charge in [0.15, 0.2) is 6.04 Å². The topological polar surface area (TPSA) is 73.9 Å². The highest BCUT2D eigenvalue weighted by Crippen LogP contribution is 2.36. The number of carbonyl (C=O) groups is 2. The van der Waals surface area contributed by atoms with Gasteiger partial charge in [-0.2, -0.15) is 0 Å². The lowest BCUT2D eigenvalue weighted by atomic mass is 10.2. The second-order valence-corrected chi connectivity index (χ2v) is 14.0. The fourth-order valence-electron chi connectivity index (χ4n) is 3.73. The van der Waals surface area contributed by atoms with E-state index in [0.29, 0.717) is 0 Å². The molecule has 0 spiro atoms. The van der Waals surface area contributed by atoms with Crippen LogP contribution in [-0.4, -0.2) is 45.7 Å². The second-order valence-electron chi connectivity index (χ2n) is 9.70. The van der Waals surface area contributed by atoms with Crippen molar-refractivity contribution in [2.24, 2.45) is 0 Å². The lowest BCUT2D eigenvalue weighted by molar-refractivity contribution is -0.144. The highest BCUT2D eigenvalue weighted by Gasteiger charge is 2.50. The number of methoxy groups -OCH3 is 1. The summed E-state index contributed by atoms with van der Waals surface area (Å²) in [6.07, 6.45) is -0.695. The highest BCUT2D eigenvalue weighted by molar-refractivity contribution is 6.99. The number of carbonyl (C=O) groups excluding carboxylic acids is 2. The zero-order chi connectivity index (χ0) is 24.0. The molecule has 0 unspecified atom stereocenters. The number of hydrogen-bond donors (Lipinski definition) is 1. The Kier molecular flexibility index (Phi) is 8.26. The third-order valence-electron chi connectivity index (χ3n) is 5.06. The number of benzene rings is 2. The van der Waals surface area contributed by atoms with E-state index in [1.54, 1.807) is 20.8 Å². The molecular weight excluding hydrogens is 422 g/mol. The average Bonchev–Trinajstić information content (AvgIpc) is 2.72. The van der Waals surface area contributed by atoms with Crippen molar-refractivity contribution in [2.75, 3.05) is 13.7 Å². The maximum Gasteiger partial charge on any atom is 0.408 e.